The van der Waals surface area contributed by atoms with Crippen molar-refractivity contribution in [2.45, 2.75) is 0 Å². The third-order valence-corrected chi connectivity index (χ3v) is 6.35. The average Bonchev–Trinajstić information content (AvgIpc) is 3.01. The van der Waals surface area contributed by atoms with Crippen molar-refractivity contribution in [2.75, 3.05) is 39.8 Å². The van der Waals surface area contributed by atoms with Crippen molar-refractivity contribution in [3.8, 4) is 11.8 Å². The van der Waals surface area contributed by atoms with Crippen molar-refractivity contribution in [2.24, 2.45) is 5.41 Å². The standard InChI is InChI=1S/C25H21N3O5/c1-33-24(32)18-9-8-17(21(29)27-14-25(15-27)12-26-13-25)11-16(18)5-4-10-28-22(30)19-6-2-3-7-20(19)23(28)31/h2-3,6-9,11,26H,10,12-15H2,1H3. The number of nitrogens with zero attached hydrogens (tertiary/aromatic N) is 2. The van der Waals surface area contributed by atoms with Crippen LogP contribution in [-0.4, -0.2) is 73.3 Å². The number of hydrogen-bond acceptors (Lipinski definition) is 6. The van der Waals surface area contributed by atoms with Gasteiger partial charge in [-0.2, -0.15) is 0 Å². The molecule has 2 fully saturated rings. The van der Waals surface area contributed by atoms with E-state index in [9.17, 15) is 19.2 Å². The van der Waals surface area contributed by atoms with E-state index in [0.29, 0.717) is 35.3 Å². The summed E-state index contributed by atoms with van der Waals surface area (Å²) in [6, 6.07) is 11.3. The molecule has 8 nitrogen and oxygen atoms in total. The highest BCUT2D eigenvalue weighted by molar-refractivity contribution is 6.21. The molecule has 0 bridgehead atoms. The van der Waals surface area contributed by atoms with E-state index in [4.69, 9.17) is 4.74 Å². The minimum atomic E-state index is -0.581. The van der Waals surface area contributed by atoms with Gasteiger partial charge in [0, 0.05) is 42.7 Å². The Balaban J connectivity index is 1.37. The molecule has 0 aromatic heterocycles. The molecule has 2 aromatic rings. The molecule has 8 heteroatoms. The Morgan fingerprint density at radius 2 is 1.73 bits per heavy atom. The number of hydrogen-bond donors (Lipinski definition) is 1. The fraction of sp³-hybridized carbons (Fsp3) is 0.280. The third kappa shape index (κ3) is 3.47. The van der Waals surface area contributed by atoms with Gasteiger partial charge in [-0.05, 0) is 30.3 Å². The summed E-state index contributed by atoms with van der Waals surface area (Å²) < 4.78 is 4.84. The molecule has 2 aromatic carbocycles. The Kier molecular flexibility index (Phi) is 4.99. The molecule has 1 spiro atoms. The van der Waals surface area contributed by atoms with Gasteiger partial charge in [-0.1, -0.05) is 24.0 Å². The van der Waals surface area contributed by atoms with Gasteiger partial charge in [0.05, 0.1) is 30.3 Å². The topological polar surface area (TPSA) is 96.0 Å². The van der Waals surface area contributed by atoms with Gasteiger partial charge in [0.25, 0.3) is 17.7 Å². The van der Waals surface area contributed by atoms with E-state index in [0.717, 1.165) is 18.0 Å². The van der Waals surface area contributed by atoms with Crippen LogP contribution in [0.3, 0.4) is 0 Å². The van der Waals surface area contributed by atoms with Crippen LogP contribution in [0.4, 0.5) is 0 Å². The van der Waals surface area contributed by atoms with E-state index in [2.05, 4.69) is 17.2 Å². The van der Waals surface area contributed by atoms with E-state index >= 15 is 0 Å². The molecule has 3 aliphatic rings. The summed E-state index contributed by atoms with van der Waals surface area (Å²) in [6.07, 6.45) is 0. The van der Waals surface area contributed by atoms with E-state index in [1.54, 1.807) is 41.3 Å². The van der Waals surface area contributed by atoms with Crippen molar-refractivity contribution in [1.29, 1.82) is 0 Å². The van der Waals surface area contributed by atoms with Crippen molar-refractivity contribution < 1.29 is 23.9 Å². The average molecular weight is 443 g/mol. The number of amides is 3. The molecular formula is C25H21N3O5. The molecule has 0 unspecified atom stereocenters. The highest BCUT2D eigenvalue weighted by Crippen LogP contribution is 2.35. The number of carbonyl (C=O) groups excluding carboxylic acids is 4. The van der Waals surface area contributed by atoms with Crippen molar-refractivity contribution in [3.63, 3.8) is 0 Å². The molecule has 1 N–H and O–H groups in total. The first-order valence-electron chi connectivity index (χ1n) is 10.6. The zero-order valence-electron chi connectivity index (χ0n) is 18.0. The number of ether oxygens (including phenoxy) is 1. The molecular weight excluding hydrogens is 422 g/mol. The number of esters is 1. The maximum absolute atomic E-state index is 12.9. The zero-order valence-corrected chi connectivity index (χ0v) is 18.0. The number of carbonyl (C=O) groups is 4. The van der Waals surface area contributed by atoms with Gasteiger partial charge in [0.1, 0.15) is 0 Å². The van der Waals surface area contributed by atoms with Gasteiger partial charge in [-0.3, -0.25) is 19.3 Å². The number of benzene rings is 2. The van der Waals surface area contributed by atoms with Crippen LogP contribution in [0, 0.1) is 17.3 Å². The SMILES string of the molecule is COC(=O)c1ccc(C(=O)N2CC3(CNC3)C2)cc1C#CCN1C(=O)c2ccccc2C1=O. The second kappa shape index (κ2) is 7.87. The van der Waals surface area contributed by atoms with Crippen LogP contribution in [0.15, 0.2) is 42.5 Å². The molecule has 5 rings (SSSR count). The molecule has 2 saturated heterocycles. The van der Waals surface area contributed by atoms with E-state index < -0.39 is 17.8 Å². The molecule has 3 aliphatic heterocycles. The van der Waals surface area contributed by atoms with Crippen LogP contribution >= 0.6 is 0 Å². The Labute approximate surface area is 190 Å². The molecule has 3 amide bonds. The quantitative estimate of drug-likeness (QED) is 0.435. The Bertz CT molecular complexity index is 1230. The second-order valence-corrected chi connectivity index (χ2v) is 8.56. The van der Waals surface area contributed by atoms with Gasteiger partial charge in [-0.15, -0.1) is 0 Å². The second-order valence-electron chi connectivity index (χ2n) is 8.56. The molecule has 0 atom stereocenters. The van der Waals surface area contributed by atoms with Crippen LogP contribution in [0.1, 0.15) is 47.0 Å². The van der Waals surface area contributed by atoms with Crippen LogP contribution in [-0.2, 0) is 4.74 Å². The summed E-state index contributed by atoms with van der Waals surface area (Å²) >= 11 is 0. The number of nitrogens with one attached hydrogen (secondary N) is 1. The normalized spacial score (nSPS) is 17.6. The lowest BCUT2D eigenvalue weighted by molar-refractivity contribution is -0.0248. The van der Waals surface area contributed by atoms with Crippen LogP contribution < -0.4 is 5.32 Å². The highest BCUT2D eigenvalue weighted by atomic mass is 16.5. The molecule has 0 saturated carbocycles. The summed E-state index contributed by atoms with van der Waals surface area (Å²) in [4.78, 5) is 53.0. The van der Waals surface area contributed by atoms with Gasteiger partial charge in [0.15, 0.2) is 0 Å². The molecule has 166 valence electrons. The van der Waals surface area contributed by atoms with Gasteiger partial charge >= 0.3 is 5.97 Å². The van der Waals surface area contributed by atoms with Crippen LogP contribution in [0.5, 0.6) is 0 Å². The summed E-state index contributed by atoms with van der Waals surface area (Å²) in [5, 5.41) is 3.24. The lowest BCUT2D eigenvalue weighted by Crippen LogP contribution is -2.71. The molecule has 0 radical (unpaired) electrons. The summed E-state index contributed by atoms with van der Waals surface area (Å²) in [6.45, 7) is 3.13. The van der Waals surface area contributed by atoms with Gasteiger partial charge in [0.2, 0.25) is 0 Å². The predicted octanol–water partition coefficient (Wildman–Crippen LogP) is 1.17. The van der Waals surface area contributed by atoms with Gasteiger partial charge < -0.3 is 15.0 Å². The van der Waals surface area contributed by atoms with Crippen molar-refractivity contribution in [1.82, 2.24) is 15.1 Å². The Hall–Kier alpha value is -3.96. The summed E-state index contributed by atoms with van der Waals surface area (Å²) in [5.74, 6) is 4.15. The van der Waals surface area contributed by atoms with Gasteiger partial charge in [-0.25, -0.2) is 4.79 Å². The minimum Gasteiger partial charge on any atom is -0.465 e. The minimum absolute atomic E-state index is 0.118. The van der Waals surface area contributed by atoms with E-state index in [-0.39, 0.29) is 23.4 Å². The van der Waals surface area contributed by atoms with Crippen molar-refractivity contribution >= 4 is 23.7 Å². The number of likely N-dealkylation sites (tertiary alicyclic amines) is 1. The molecule has 33 heavy (non-hydrogen) atoms. The molecule has 3 heterocycles. The fourth-order valence-electron chi connectivity index (χ4n) is 4.46. The first-order valence-corrected chi connectivity index (χ1v) is 10.6. The third-order valence-electron chi connectivity index (χ3n) is 6.35. The lowest BCUT2D eigenvalue weighted by Gasteiger charge is -2.56. The van der Waals surface area contributed by atoms with E-state index in [1.165, 1.54) is 13.2 Å². The van der Waals surface area contributed by atoms with E-state index in [1.807, 2.05) is 0 Å². The Morgan fingerprint density at radius 1 is 1.06 bits per heavy atom. The summed E-state index contributed by atoms with van der Waals surface area (Å²) in [7, 11) is 1.27. The maximum Gasteiger partial charge on any atom is 0.339 e. The van der Waals surface area contributed by atoms with Crippen LogP contribution in [0.25, 0.3) is 0 Å². The zero-order chi connectivity index (χ0) is 23.2. The fourth-order valence-corrected chi connectivity index (χ4v) is 4.46. The van der Waals surface area contributed by atoms with Crippen LogP contribution in [0.2, 0.25) is 0 Å². The first-order chi connectivity index (χ1) is 15.9. The lowest BCUT2D eigenvalue weighted by atomic mass is 9.74. The Morgan fingerprint density at radius 3 is 2.30 bits per heavy atom. The summed E-state index contributed by atoms with van der Waals surface area (Å²) in [5.41, 5.74) is 1.85. The number of rotatable bonds is 3. The van der Waals surface area contributed by atoms with Crippen molar-refractivity contribution in [3.05, 3.63) is 70.3 Å². The number of fused-ring (bicyclic) bond motifs is 1. The monoisotopic (exact) mass is 443 g/mol. The highest BCUT2D eigenvalue weighted by Gasteiger charge is 2.49. The smallest absolute Gasteiger partial charge is 0.339 e. The number of imide groups is 1. The first kappa shape index (κ1) is 20.9. The largest absolute Gasteiger partial charge is 0.465 e. The maximum atomic E-state index is 12.9. The molecule has 0 aliphatic carbocycles. The predicted molar refractivity (Wildman–Crippen MR) is 118 cm³/mol. The number of methoxy groups -OCH3 is 1.